The Kier molecular flexibility index (Phi) is 21.4. The summed E-state index contributed by atoms with van der Waals surface area (Å²) in [5.74, 6) is 0. The van der Waals surface area contributed by atoms with Gasteiger partial charge in [-0.25, -0.2) is 0 Å². The van der Waals surface area contributed by atoms with Crippen LogP contribution in [0, 0.1) is 0 Å². The molecular formula is C72H64MgO4P4+6. The summed E-state index contributed by atoms with van der Waals surface area (Å²) in [7, 11) is -10.1. The first-order valence-electron chi connectivity index (χ1n) is 26.4. The number of hydrogen-bond donors (Lipinski definition) is 0. The van der Waals surface area contributed by atoms with E-state index >= 15 is 0 Å². The molecule has 0 saturated carbocycles. The third-order valence-corrected chi connectivity index (χ3v) is 26.1. The summed E-state index contributed by atoms with van der Waals surface area (Å²) in [5.41, 5.74) is 0. The number of hydrogen-bond acceptors (Lipinski definition) is 0. The molecule has 4 N–H and O–H groups in total. The Hall–Kier alpha value is -7.67. The molecule has 0 saturated heterocycles. The second-order valence-electron chi connectivity index (χ2n) is 18.6. The molecule has 4 nitrogen and oxygen atoms in total. The van der Waals surface area contributed by atoms with Gasteiger partial charge in [0.2, 0.25) is 0 Å². The van der Waals surface area contributed by atoms with E-state index in [2.05, 4.69) is 0 Å². The van der Waals surface area contributed by atoms with E-state index in [0.717, 1.165) is 63.7 Å². The molecule has 0 bridgehead atoms. The topological polar surface area (TPSA) is 85.6 Å². The Morgan fingerprint density at radius 2 is 0.185 bits per heavy atom. The van der Waals surface area contributed by atoms with Gasteiger partial charge in [0.15, 0.2) is 0 Å². The molecule has 0 aliphatic rings. The van der Waals surface area contributed by atoms with E-state index < -0.39 is 28.6 Å². The van der Waals surface area contributed by atoms with E-state index in [4.69, 9.17) is 0 Å². The summed E-state index contributed by atoms with van der Waals surface area (Å²) in [5, 5.41) is 11.8. The maximum atomic E-state index is 11.5. The van der Waals surface area contributed by atoms with E-state index in [1.54, 1.807) is 0 Å². The summed E-state index contributed by atoms with van der Waals surface area (Å²) < 4.78 is 46.1. The fraction of sp³-hybridized carbons (Fsp3) is 0. The molecule has 0 amide bonds. The standard InChI is InChI=1S/4C18H15OP.Mg/c4*19-20(16-10-4-1-5-11-16,17-12-6-2-7-13-17)18-14-8-3-9-15-18;/h4*1-15H;/q;;;;+2/p+4. The summed E-state index contributed by atoms with van der Waals surface area (Å²) in [6.07, 6.45) is 0. The second kappa shape index (κ2) is 29.2. The van der Waals surface area contributed by atoms with Gasteiger partial charge in [-0.3, -0.25) is 0 Å². The van der Waals surface area contributed by atoms with Gasteiger partial charge in [0.1, 0.15) is 0 Å². The van der Waals surface area contributed by atoms with Gasteiger partial charge in [0.05, 0.1) is 63.7 Å². The Morgan fingerprint density at radius 3 is 0.247 bits per heavy atom. The van der Waals surface area contributed by atoms with Crippen molar-refractivity contribution < 1.29 is 18.3 Å². The van der Waals surface area contributed by atoms with Gasteiger partial charge in [-0.2, -0.15) is 0 Å². The predicted molar refractivity (Wildman–Crippen MR) is 354 cm³/mol. The molecule has 0 atom stereocenters. The smallest absolute Gasteiger partial charge is 0.307 e. The molecule has 0 spiro atoms. The molecule has 12 aromatic rings. The van der Waals surface area contributed by atoms with Crippen LogP contribution >= 0.6 is 28.6 Å². The van der Waals surface area contributed by atoms with Crippen LogP contribution in [0.25, 0.3) is 0 Å². The molecule has 12 aromatic carbocycles. The Morgan fingerprint density at radius 1 is 0.123 bits per heavy atom. The van der Waals surface area contributed by atoms with Crippen LogP contribution in [0.15, 0.2) is 364 Å². The molecule has 0 aliphatic carbocycles. The van der Waals surface area contributed by atoms with E-state index in [0.29, 0.717) is 0 Å². The van der Waals surface area contributed by atoms with Crippen molar-refractivity contribution in [1.29, 1.82) is 0 Å². The van der Waals surface area contributed by atoms with Crippen molar-refractivity contribution in [1.82, 2.24) is 0 Å². The molecule has 81 heavy (non-hydrogen) atoms. The average Bonchev–Trinajstić information content (AvgIpc) is 3.63. The van der Waals surface area contributed by atoms with Crippen molar-refractivity contribution in [3.8, 4) is 0 Å². The molecule has 9 heteroatoms. The normalized spacial score (nSPS) is 11.1. The molecular weight excluding hydrogens is 1080 g/mol. The zero-order chi connectivity index (χ0) is 55.4. The van der Waals surface area contributed by atoms with E-state index in [9.17, 15) is 18.3 Å². The van der Waals surface area contributed by atoms with Crippen LogP contribution in [-0.2, 0) is 0 Å². The van der Waals surface area contributed by atoms with Crippen molar-refractivity contribution in [3.63, 3.8) is 0 Å². The van der Waals surface area contributed by atoms with Gasteiger partial charge >= 0.3 is 51.6 Å². The third kappa shape index (κ3) is 13.9. The molecule has 12 rings (SSSR count). The molecule has 0 unspecified atom stereocenters. The van der Waals surface area contributed by atoms with Crippen LogP contribution in [0.2, 0.25) is 0 Å². The molecule has 0 aromatic heterocycles. The van der Waals surface area contributed by atoms with Gasteiger partial charge in [-0.05, 0) is 146 Å². The maximum Gasteiger partial charge on any atom is 2.00 e. The molecule has 0 heterocycles. The second-order valence-corrected chi connectivity index (χ2v) is 29.8. The van der Waals surface area contributed by atoms with Crippen LogP contribution in [-0.4, -0.2) is 41.3 Å². The largest absolute Gasteiger partial charge is 2.00 e. The van der Waals surface area contributed by atoms with Crippen LogP contribution in [0.4, 0.5) is 0 Å². The first-order chi connectivity index (χ1) is 39.3. The minimum atomic E-state index is -2.53. The SMILES string of the molecule is [Mg+2].[OH+]=P(c1ccccc1)(c1ccccc1)c1ccccc1.[OH+]=P(c1ccccc1)(c1ccccc1)c1ccccc1.[OH+]=P(c1ccccc1)(c1ccccc1)c1ccccc1.[OH+]=P(c1ccccc1)(c1ccccc1)c1ccccc1. The summed E-state index contributed by atoms with van der Waals surface area (Å²) >= 11 is 0. The fourth-order valence-electron chi connectivity index (χ4n) is 9.51. The van der Waals surface area contributed by atoms with Gasteiger partial charge < -0.3 is 18.3 Å². The first-order valence-corrected chi connectivity index (χ1v) is 33.4. The Bertz CT molecular complexity index is 3010. The average molecular weight is 1140 g/mol. The maximum absolute atomic E-state index is 11.5. The van der Waals surface area contributed by atoms with Gasteiger partial charge in [0, 0.05) is 0 Å². The van der Waals surface area contributed by atoms with Crippen LogP contribution < -0.4 is 63.7 Å². The zero-order valence-electron chi connectivity index (χ0n) is 44.9. The summed E-state index contributed by atoms with van der Waals surface area (Å²) in [6, 6.07) is 119. The molecule has 0 aliphatic heterocycles. The third-order valence-electron chi connectivity index (χ3n) is 13.6. The molecule has 0 fully saturated rings. The van der Waals surface area contributed by atoms with Crippen molar-refractivity contribution in [2.75, 3.05) is 0 Å². The summed E-state index contributed by atoms with van der Waals surface area (Å²) in [6.45, 7) is 0. The van der Waals surface area contributed by atoms with E-state index in [1.807, 2.05) is 364 Å². The quantitative estimate of drug-likeness (QED) is 0.0663. The van der Waals surface area contributed by atoms with Crippen molar-refractivity contribution in [2.45, 2.75) is 0 Å². The molecule has 0 radical (unpaired) electrons. The van der Waals surface area contributed by atoms with Crippen molar-refractivity contribution in [3.05, 3.63) is 364 Å². The monoisotopic (exact) mass is 1140 g/mol. The number of benzene rings is 12. The Labute approximate surface area is 494 Å². The van der Waals surface area contributed by atoms with Gasteiger partial charge in [0.25, 0.3) is 0 Å². The fourth-order valence-corrected chi connectivity index (χ4v) is 20.3. The predicted octanol–water partition coefficient (Wildman–Crippen LogP) is 12.7. The van der Waals surface area contributed by atoms with Gasteiger partial charge in [-0.15, -0.1) is 0 Å². The van der Waals surface area contributed by atoms with Gasteiger partial charge in [-0.1, -0.05) is 218 Å². The van der Waals surface area contributed by atoms with Crippen LogP contribution in [0.5, 0.6) is 0 Å². The van der Waals surface area contributed by atoms with E-state index in [-0.39, 0.29) is 23.1 Å². The van der Waals surface area contributed by atoms with E-state index in [1.165, 1.54) is 0 Å². The Balaban J connectivity index is 0.000000141. The first kappa shape index (κ1) is 59.4. The minimum Gasteiger partial charge on any atom is -0.307 e. The van der Waals surface area contributed by atoms with Crippen molar-refractivity contribution in [2.24, 2.45) is 0 Å². The minimum absolute atomic E-state index is 0. The summed E-state index contributed by atoms with van der Waals surface area (Å²) in [4.78, 5) is 0. The van der Waals surface area contributed by atoms with Crippen LogP contribution in [0.1, 0.15) is 0 Å². The van der Waals surface area contributed by atoms with Crippen molar-refractivity contribution >= 4 is 115 Å². The molecule has 392 valence electrons. The van der Waals surface area contributed by atoms with Crippen LogP contribution in [0.3, 0.4) is 0 Å². The number of rotatable bonds is 12. The zero-order valence-corrected chi connectivity index (χ0v) is 49.9.